The molecule has 0 bridgehead atoms. The van der Waals surface area contributed by atoms with Crippen LogP contribution in [0.5, 0.6) is 11.5 Å². The monoisotopic (exact) mass is 539 g/mol. The van der Waals surface area contributed by atoms with E-state index in [1.54, 1.807) is 6.20 Å². The van der Waals surface area contributed by atoms with Crippen molar-refractivity contribution < 1.29 is 27.8 Å². The molecule has 11 heteroatoms. The fourth-order valence-electron chi connectivity index (χ4n) is 4.84. The molecule has 0 radical (unpaired) electrons. The highest BCUT2D eigenvalue weighted by atomic mass is 19.1. The molecule has 39 heavy (non-hydrogen) atoms. The van der Waals surface area contributed by atoms with E-state index < -0.39 is 11.6 Å². The summed E-state index contributed by atoms with van der Waals surface area (Å²) in [5, 5.41) is 7.22. The van der Waals surface area contributed by atoms with Gasteiger partial charge in [-0.25, -0.2) is 23.7 Å². The number of ketones is 1. The molecule has 0 unspecified atom stereocenters. The average molecular weight is 540 g/mol. The minimum Gasteiger partial charge on any atom is -0.494 e. The first-order valence-corrected chi connectivity index (χ1v) is 12.9. The summed E-state index contributed by atoms with van der Waals surface area (Å²) >= 11 is 0. The van der Waals surface area contributed by atoms with Crippen molar-refractivity contribution in [3.05, 3.63) is 42.6 Å². The highest BCUT2D eigenvalue weighted by Gasteiger charge is 2.31. The van der Waals surface area contributed by atoms with Crippen LogP contribution < -0.4 is 20.1 Å². The molecule has 2 N–H and O–H groups in total. The van der Waals surface area contributed by atoms with Crippen molar-refractivity contribution in [3.8, 4) is 22.8 Å². The molecule has 1 saturated carbocycles. The molecule has 1 aliphatic carbocycles. The van der Waals surface area contributed by atoms with E-state index >= 15 is 8.78 Å². The number of benzene rings is 1. The van der Waals surface area contributed by atoms with Gasteiger partial charge in [-0.05, 0) is 37.8 Å². The van der Waals surface area contributed by atoms with Crippen LogP contribution in [-0.4, -0.2) is 60.3 Å². The molecule has 0 spiro atoms. The van der Waals surface area contributed by atoms with Gasteiger partial charge in [-0.15, -0.1) is 0 Å². The molecule has 0 amide bonds. The highest BCUT2D eigenvalue weighted by molar-refractivity contribution is 5.92. The number of allylic oxidation sites excluding steroid dienone is 1. The topological polar surface area (TPSA) is 107 Å². The second kappa shape index (κ2) is 11.1. The van der Waals surface area contributed by atoms with Gasteiger partial charge in [-0.1, -0.05) is 6.58 Å². The van der Waals surface area contributed by atoms with E-state index in [-0.39, 0.29) is 46.5 Å². The summed E-state index contributed by atoms with van der Waals surface area (Å²) in [6, 6.07) is 2.62. The predicted octanol–water partition coefficient (Wildman–Crippen LogP) is 4.77. The van der Waals surface area contributed by atoms with Crippen LogP contribution in [0.4, 0.5) is 20.5 Å². The van der Waals surface area contributed by atoms with Gasteiger partial charge in [0.2, 0.25) is 5.95 Å². The Balaban J connectivity index is 1.56. The van der Waals surface area contributed by atoms with E-state index in [4.69, 9.17) is 19.2 Å². The number of anilines is 2. The molecule has 2 aliphatic rings. The molecule has 3 atom stereocenters. The maximum atomic E-state index is 15.3. The summed E-state index contributed by atoms with van der Waals surface area (Å²) < 4.78 is 46.5. The number of methoxy groups -OCH3 is 2. The molecule has 3 heterocycles. The van der Waals surface area contributed by atoms with Crippen LogP contribution in [0.1, 0.15) is 26.2 Å². The number of carbonyl (C=O) groups is 1. The normalized spacial score (nSPS) is 19.5. The van der Waals surface area contributed by atoms with Crippen LogP contribution in [0.25, 0.3) is 22.2 Å². The van der Waals surface area contributed by atoms with Crippen LogP contribution in [0.15, 0.2) is 31.0 Å². The summed E-state index contributed by atoms with van der Waals surface area (Å²) in [7, 11) is 2.60. The molecular weight excluding hydrogens is 508 g/mol. The van der Waals surface area contributed by atoms with Crippen molar-refractivity contribution in [2.75, 3.05) is 38.1 Å². The lowest BCUT2D eigenvalue weighted by molar-refractivity contribution is -0.115. The standard InChI is InChI=1S/C28H31F2N5O4/c1-5-18(36)8-17-12-39-13-20(17)34-28-31-11-16-9-19(23-24(29)21(37-3)10-22(38-4)25(23)30)33-27(26(16)35-28)32-14(2)15-6-7-15/h5,9-11,14-15,17,20H,1,6-8,12-13H2,2-4H3,(H,32,33)(H,31,34,35)/t14-,17-,20+/m0/s1. The van der Waals surface area contributed by atoms with E-state index in [2.05, 4.69) is 27.2 Å². The Bertz CT molecular complexity index is 1390. The third kappa shape index (κ3) is 5.49. The van der Waals surface area contributed by atoms with Gasteiger partial charge in [0.15, 0.2) is 34.7 Å². The molecule has 9 nitrogen and oxygen atoms in total. The fourth-order valence-corrected chi connectivity index (χ4v) is 4.84. The Hall–Kier alpha value is -3.86. The van der Waals surface area contributed by atoms with Crippen LogP contribution in [-0.2, 0) is 9.53 Å². The van der Waals surface area contributed by atoms with Crippen molar-refractivity contribution in [2.45, 2.75) is 38.3 Å². The van der Waals surface area contributed by atoms with Gasteiger partial charge in [0.1, 0.15) is 5.52 Å². The van der Waals surface area contributed by atoms with E-state index in [1.165, 1.54) is 26.4 Å². The maximum absolute atomic E-state index is 15.3. The molecule has 206 valence electrons. The van der Waals surface area contributed by atoms with E-state index in [0.29, 0.717) is 48.2 Å². The second-order valence-electron chi connectivity index (χ2n) is 9.96. The zero-order valence-corrected chi connectivity index (χ0v) is 22.1. The lowest BCUT2D eigenvalue weighted by Gasteiger charge is -2.20. The van der Waals surface area contributed by atoms with E-state index in [9.17, 15) is 4.79 Å². The minimum atomic E-state index is -0.885. The Morgan fingerprint density at radius 3 is 2.54 bits per heavy atom. The lowest BCUT2D eigenvalue weighted by Crippen LogP contribution is -2.30. The van der Waals surface area contributed by atoms with E-state index in [1.807, 2.05) is 6.92 Å². The highest BCUT2D eigenvalue weighted by Crippen LogP contribution is 2.40. The Morgan fingerprint density at radius 1 is 1.18 bits per heavy atom. The molecule has 5 rings (SSSR count). The molecular formula is C28H31F2N5O4. The van der Waals surface area contributed by atoms with Crippen LogP contribution in [0.2, 0.25) is 0 Å². The van der Waals surface area contributed by atoms with E-state index in [0.717, 1.165) is 18.9 Å². The Labute approximate surface area is 225 Å². The summed E-state index contributed by atoms with van der Waals surface area (Å²) in [5.74, 6) is -0.988. The molecule has 1 saturated heterocycles. The number of ether oxygens (including phenoxy) is 3. The first-order chi connectivity index (χ1) is 18.8. The fraction of sp³-hybridized carbons (Fsp3) is 0.429. The second-order valence-corrected chi connectivity index (χ2v) is 9.96. The first kappa shape index (κ1) is 26.7. The number of rotatable bonds is 11. The minimum absolute atomic E-state index is 0.0447. The van der Waals surface area contributed by atoms with Gasteiger partial charge in [0, 0.05) is 36.0 Å². The predicted molar refractivity (Wildman–Crippen MR) is 143 cm³/mol. The summed E-state index contributed by atoms with van der Waals surface area (Å²) in [6.45, 7) is 6.45. The third-order valence-electron chi connectivity index (χ3n) is 7.29. The number of nitrogens with zero attached hydrogens (tertiary/aromatic N) is 3. The van der Waals surface area contributed by atoms with Crippen LogP contribution in [0, 0.1) is 23.5 Å². The number of halogens is 2. The maximum Gasteiger partial charge on any atom is 0.223 e. The van der Waals surface area contributed by atoms with Gasteiger partial charge < -0.3 is 24.8 Å². The largest absolute Gasteiger partial charge is 0.494 e. The number of nitrogens with one attached hydrogen (secondary N) is 2. The van der Waals surface area contributed by atoms with Gasteiger partial charge in [-0.3, -0.25) is 4.79 Å². The molecule has 1 aliphatic heterocycles. The van der Waals surface area contributed by atoms with Crippen molar-refractivity contribution in [1.82, 2.24) is 15.0 Å². The molecule has 2 fully saturated rings. The van der Waals surface area contributed by atoms with Crippen LogP contribution in [0.3, 0.4) is 0 Å². The van der Waals surface area contributed by atoms with Crippen molar-refractivity contribution in [3.63, 3.8) is 0 Å². The zero-order valence-electron chi connectivity index (χ0n) is 22.1. The summed E-state index contributed by atoms with van der Waals surface area (Å²) in [5.41, 5.74) is 0.184. The lowest BCUT2D eigenvalue weighted by atomic mass is 9.97. The number of fused-ring (bicyclic) bond motifs is 1. The van der Waals surface area contributed by atoms with Gasteiger partial charge >= 0.3 is 0 Å². The first-order valence-electron chi connectivity index (χ1n) is 12.9. The number of aromatic nitrogens is 3. The quantitative estimate of drug-likeness (QED) is 0.333. The van der Waals surface area contributed by atoms with Gasteiger partial charge in [0.25, 0.3) is 0 Å². The summed E-state index contributed by atoms with van der Waals surface area (Å²) in [6.07, 6.45) is 5.39. The number of carbonyl (C=O) groups excluding carboxylic acids is 1. The van der Waals surface area contributed by atoms with Gasteiger partial charge in [-0.2, -0.15) is 0 Å². The number of pyridine rings is 1. The molecule has 2 aromatic heterocycles. The molecule has 1 aromatic carbocycles. The zero-order chi connectivity index (χ0) is 27.7. The number of hydrogen-bond acceptors (Lipinski definition) is 9. The van der Waals surface area contributed by atoms with Crippen molar-refractivity contribution in [1.29, 1.82) is 0 Å². The Kier molecular flexibility index (Phi) is 7.60. The summed E-state index contributed by atoms with van der Waals surface area (Å²) in [4.78, 5) is 25.7. The number of hydrogen-bond donors (Lipinski definition) is 2. The SMILES string of the molecule is C=CC(=O)C[C@H]1COC[C@H]1Nc1ncc2cc(-c3c(F)c(OC)cc(OC)c3F)nc(N[C@@H](C)C3CC3)c2n1. The smallest absolute Gasteiger partial charge is 0.223 e. The molecule has 3 aromatic rings. The third-order valence-corrected chi connectivity index (χ3v) is 7.29. The van der Waals surface area contributed by atoms with Crippen LogP contribution >= 0.6 is 0 Å². The van der Waals surface area contributed by atoms with Gasteiger partial charge in [0.05, 0.1) is 44.7 Å². The Morgan fingerprint density at radius 2 is 1.90 bits per heavy atom. The van der Waals surface area contributed by atoms with Crippen molar-refractivity contribution in [2.24, 2.45) is 11.8 Å². The van der Waals surface area contributed by atoms with Crippen molar-refractivity contribution >= 4 is 28.5 Å². The average Bonchev–Trinajstić information content (AvgIpc) is 3.70.